The Bertz CT molecular complexity index is 501. The average molecular weight is 312 g/mol. The molecule has 0 saturated carbocycles. The molecule has 4 nitrogen and oxygen atoms in total. The van der Waals surface area contributed by atoms with Crippen molar-refractivity contribution in [3.8, 4) is 0 Å². The van der Waals surface area contributed by atoms with Gasteiger partial charge in [-0.3, -0.25) is 4.79 Å². The fourth-order valence-electron chi connectivity index (χ4n) is 2.06. The topological polar surface area (TPSA) is 66.4 Å². The van der Waals surface area contributed by atoms with Gasteiger partial charge in [-0.25, -0.2) is 4.79 Å². The van der Waals surface area contributed by atoms with Gasteiger partial charge in [-0.05, 0) is 43.4 Å². The SMILES string of the molecule is CCC(C)(NC(=O)CC(C)Cc1ccc(Cl)cc1)C(=O)O. The first-order valence-electron chi connectivity index (χ1n) is 7.05. The van der Waals surface area contributed by atoms with E-state index in [1.54, 1.807) is 6.92 Å². The Morgan fingerprint density at radius 1 is 1.33 bits per heavy atom. The highest BCUT2D eigenvalue weighted by Crippen LogP contribution is 2.16. The molecule has 0 spiro atoms. The van der Waals surface area contributed by atoms with E-state index in [-0.39, 0.29) is 11.8 Å². The van der Waals surface area contributed by atoms with Crippen molar-refractivity contribution in [3.63, 3.8) is 0 Å². The molecular weight excluding hydrogens is 290 g/mol. The summed E-state index contributed by atoms with van der Waals surface area (Å²) in [4.78, 5) is 23.2. The summed E-state index contributed by atoms with van der Waals surface area (Å²) < 4.78 is 0. The van der Waals surface area contributed by atoms with E-state index >= 15 is 0 Å². The lowest BCUT2D eigenvalue weighted by molar-refractivity contribution is -0.147. The Kier molecular flexibility index (Phi) is 6.21. The van der Waals surface area contributed by atoms with Gasteiger partial charge in [-0.2, -0.15) is 0 Å². The van der Waals surface area contributed by atoms with Crippen LogP contribution in [-0.4, -0.2) is 22.5 Å². The highest BCUT2D eigenvalue weighted by molar-refractivity contribution is 6.30. The minimum Gasteiger partial charge on any atom is -0.480 e. The van der Waals surface area contributed by atoms with Crippen molar-refractivity contribution in [2.45, 2.75) is 45.6 Å². The van der Waals surface area contributed by atoms with E-state index in [9.17, 15) is 9.59 Å². The van der Waals surface area contributed by atoms with E-state index in [4.69, 9.17) is 16.7 Å². The average Bonchev–Trinajstić information content (AvgIpc) is 2.40. The number of benzene rings is 1. The molecule has 21 heavy (non-hydrogen) atoms. The van der Waals surface area contributed by atoms with E-state index in [1.165, 1.54) is 6.92 Å². The van der Waals surface area contributed by atoms with Crippen molar-refractivity contribution in [2.75, 3.05) is 0 Å². The van der Waals surface area contributed by atoms with Crippen LogP contribution in [0.5, 0.6) is 0 Å². The van der Waals surface area contributed by atoms with Gasteiger partial charge in [-0.15, -0.1) is 0 Å². The fraction of sp³-hybridized carbons (Fsp3) is 0.500. The van der Waals surface area contributed by atoms with Crippen LogP contribution in [0.2, 0.25) is 5.02 Å². The van der Waals surface area contributed by atoms with Gasteiger partial charge in [0.25, 0.3) is 0 Å². The predicted octanol–water partition coefficient (Wildman–Crippen LogP) is 3.28. The molecule has 0 fully saturated rings. The van der Waals surface area contributed by atoms with Crippen molar-refractivity contribution in [3.05, 3.63) is 34.9 Å². The molecule has 116 valence electrons. The smallest absolute Gasteiger partial charge is 0.329 e. The first kappa shape index (κ1) is 17.5. The number of carboxylic acid groups (broad SMARTS) is 1. The molecule has 2 unspecified atom stereocenters. The summed E-state index contributed by atoms with van der Waals surface area (Å²) in [6.45, 7) is 5.24. The van der Waals surface area contributed by atoms with Crippen LogP contribution in [0, 0.1) is 5.92 Å². The first-order valence-corrected chi connectivity index (χ1v) is 7.43. The Morgan fingerprint density at radius 2 is 1.90 bits per heavy atom. The summed E-state index contributed by atoms with van der Waals surface area (Å²) in [5, 5.41) is 12.4. The minimum atomic E-state index is -1.20. The van der Waals surface area contributed by atoms with Crippen LogP contribution in [0.25, 0.3) is 0 Å². The Hall–Kier alpha value is -1.55. The van der Waals surface area contributed by atoms with Crippen LogP contribution in [0.1, 0.15) is 39.2 Å². The number of carboxylic acids is 1. The largest absolute Gasteiger partial charge is 0.480 e. The maximum atomic E-state index is 12.0. The molecule has 0 saturated heterocycles. The third kappa shape index (κ3) is 5.38. The summed E-state index contributed by atoms with van der Waals surface area (Å²) in [5.41, 5.74) is -0.0898. The lowest BCUT2D eigenvalue weighted by Crippen LogP contribution is -2.52. The fourth-order valence-corrected chi connectivity index (χ4v) is 2.19. The molecule has 0 radical (unpaired) electrons. The zero-order valence-electron chi connectivity index (χ0n) is 12.6. The number of halogens is 1. The molecule has 1 rings (SSSR count). The van der Waals surface area contributed by atoms with E-state index in [0.717, 1.165) is 12.0 Å². The second-order valence-corrected chi connectivity index (χ2v) is 6.12. The molecule has 0 bridgehead atoms. The number of aliphatic carboxylic acids is 1. The lowest BCUT2D eigenvalue weighted by Gasteiger charge is -2.25. The van der Waals surface area contributed by atoms with Gasteiger partial charge in [0.1, 0.15) is 5.54 Å². The van der Waals surface area contributed by atoms with E-state index < -0.39 is 11.5 Å². The van der Waals surface area contributed by atoms with Crippen LogP contribution in [0.3, 0.4) is 0 Å². The third-order valence-corrected chi connectivity index (χ3v) is 3.88. The molecule has 2 atom stereocenters. The third-order valence-electron chi connectivity index (χ3n) is 3.63. The maximum absolute atomic E-state index is 12.0. The van der Waals surface area contributed by atoms with Crippen molar-refractivity contribution < 1.29 is 14.7 Å². The van der Waals surface area contributed by atoms with Gasteiger partial charge in [-0.1, -0.05) is 37.6 Å². The summed E-state index contributed by atoms with van der Waals surface area (Å²) in [6.07, 6.45) is 1.39. The van der Waals surface area contributed by atoms with Gasteiger partial charge in [0, 0.05) is 11.4 Å². The van der Waals surface area contributed by atoms with Crippen LogP contribution >= 0.6 is 11.6 Å². The van der Waals surface area contributed by atoms with Gasteiger partial charge in [0.2, 0.25) is 5.91 Å². The summed E-state index contributed by atoms with van der Waals surface area (Å²) >= 11 is 5.83. The number of amides is 1. The monoisotopic (exact) mass is 311 g/mol. The lowest BCUT2D eigenvalue weighted by atomic mass is 9.95. The van der Waals surface area contributed by atoms with Crippen LogP contribution < -0.4 is 5.32 Å². The number of carbonyl (C=O) groups is 2. The summed E-state index contributed by atoms with van der Waals surface area (Å²) in [5.74, 6) is -1.12. The van der Waals surface area contributed by atoms with Gasteiger partial charge >= 0.3 is 5.97 Å². The molecule has 0 heterocycles. The Labute approximate surface area is 130 Å². The number of rotatable bonds is 7. The van der Waals surface area contributed by atoms with Crippen molar-refractivity contribution in [2.24, 2.45) is 5.92 Å². The standard InChI is InChI=1S/C16H22ClNO3/c1-4-16(3,15(20)21)18-14(19)10-11(2)9-12-5-7-13(17)8-6-12/h5-8,11H,4,9-10H2,1-3H3,(H,18,19)(H,20,21). The zero-order chi connectivity index (χ0) is 16.0. The normalized spacial score (nSPS) is 15.0. The molecule has 5 heteroatoms. The molecule has 0 aliphatic rings. The van der Waals surface area contributed by atoms with Crippen LogP contribution in [-0.2, 0) is 16.0 Å². The van der Waals surface area contributed by atoms with E-state index in [2.05, 4.69) is 5.32 Å². The van der Waals surface area contributed by atoms with Crippen molar-refractivity contribution >= 4 is 23.5 Å². The summed E-state index contributed by atoms with van der Waals surface area (Å²) in [6, 6.07) is 7.51. The number of hydrogen-bond donors (Lipinski definition) is 2. The molecule has 1 amide bonds. The Morgan fingerprint density at radius 3 is 2.38 bits per heavy atom. The molecular formula is C16H22ClNO3. The van der Waals surface area contributed by atoms with Crippen molar-refractivity contribution in [1.82, 2.24) is 5.32 Å². The number of hydrogen-bond acceptors (Lipinski definition) is 2. The number of nitrogens with one attached hydrogen (secondary N) is 1. The zero-order valence-corrected chi connectivity index (χ0v) is 13.4. The highest BCUT2D eigenvalue weighted by atomic mass is 35.5. The molecule has 0 aromatic heterocycles. The predicted molar refractivity (Wildman–Crippen MR) is 83.4 cm³/mol. The van der Waals surface area contributed by atoms with E-state index in [0.29, 0.717) is 17.9 Å². The highest BCUT2D eigenvalue weighted by Gasteiger charge is 2.32. The molecule has 0 aliphatic carbocycles. The van der Waals surface area contributed by atoms with Gasteiger partial charge in [0.15, 0.2) is 0 Å². The van der Waals surface area contributed by atoms with E-state index in [1.807, 2.05) is 31.2 Å². The van der Waals surface area contributed by atoms with Crippen molar-refractivity contribution in [1.29, 1.82) is 0 Å². The second kappa shape index (κ2) is 7.46. The minimum absolute atomic E-state index is 0.126. The number of carbonyl (C=O) groups excluding carboxylic acids is 1. The Balaban J connectivity index is 2.54. The molecule has 2 N–H and O–H groups in total. The first-order chi connectivity index (χ1) is 9.76. The van der Waals surface area contributed by atoms with Crippen LogP contribution in [0.4, 0.5) is 0 Å². The molecule has 0 aliphatic heterocycles. The summed E-state index contributed by atoms with van der Waals surface area (Å²) in [7, 11) is 0. The van der Waals surface area contributed by atoms with Gasteiger partial charge in [0.05, 0.1) is 0 Å². The maximum Gasteiger partial charge on any atom is 0.329 e. The quantitative estimate of drug-likeness (QED) is 0.812. The second-order valence-electron chi connectivity index (χ2n) is 5.68. The van der Waals surface area contributed by atoms with Crippen LogP contribution in [0.15, 0.2) is 24.3 Å². The van der Waals surface area contributed by atoms with Gasteiger partial charge < -0.3 is 10.4 Å². The molecule has 1 aromatic rings. The molecule has 1 aromatic carbocycles.